The van der Waals surface area contributed by atoms with Crippen molar-refractivity contribution in [3.63, 3.8) is 0 Å². The van der Waals surface area contributed by atoms with Crippen molar-refractivity contribution < 1.29 is 24.0 Å². The van der Waals surface area contributed by atoms with E-state index in [9.17, 15) is 19.7 Å². The summed E-state index contributed by atoms with van der Waals surface area (Å²) < 4.78 is 10.1. The van der Waals surface area contributed by atoms with Crippen molar-refractivity contribution in [1.82, 2.24) is 0 Å². The van der Waals surface area contributed by atoms with E-state index in [0.29, 0.717) is 12.8 Å². The van der Waals surface area contributed by atoms with Crippen LogP contribution in [0.2, 0.25) is 0 Å². The highest BCUT2D eigenvalue weighted by atomic mass is 16.6. The maximum absolute atomic E-state index is 12.0. The van der Waals surface area contributed by atoms with E-state index in [2.05, 4.69) is 0 Å². The van der Waals surface area contributed by atoms with Gasteiger partial charge in [-0.2, -0.15) is 0 Å². The van der Waals surface area contributed by atoms with Gasteiger partial charge in [-0.1, -0.05) is 6.92 Å². The van der Waals surface area contributed by atoms with E-state index >= 15 is 0 Å². The second-order valence-corrected chi connectivity index (χ2v) is 5.41. The molecule has 1 fully saturated rings. The molecule has 1 saturated carbocycles. The van der Waals surface area contributed by atoms with Gasteiger partial charge in [-0.05, 0) is 30.9 Å². The van der Waals surface area contributed by atoms with Gasteiger partial charge < -0.3 is 9.47 Å². The van der Waals surface area contributed by atoms with Gasteiger partial charge in [-0.15, -0.1) is 0 Å². The molecule has 1 aliphatic carbocycles. The Morgan fingerprint density at radius 3 is 2.41 bits per heavy atom. The molecule has 118 valence electrons. The van der Waals surface area contributed by atoms with E-state index in [1.807, 2.05) is 6.92 Å². The monoisotopic (exact) mass is 307 g/mol. The fraction of sp³-hybridized carbons (Fsp3) is 0.467. The van der Waals surface area contributed by atoms with Gasteiger partial charge in [-0.25, -0.2) is 4.79 Å². The summed E-state index contributed by atoms with van der Waals surface area (Å²) in [6, 6.07) is 5.23. The highest BCUT2D eigenvalue weighted by molar-refractivity contribution is 5.89. The zero-order valence-corrected chi connectivity index (χ0v) is 12.4. The molecular weight excluding hydrogens is 290 g/mol. The molecule has 0 bridgehead atoms. The van der Waals surface area contributed by atoms with Gasteiger partial charge in [0.05, 0.1) is 23.5 Å². The fourth-order valence-electron chi connectivity index (χ4n) is 2.71. The van der Waals surface area contributed by atoms with Crippen LogP contribution < -0.4 is 0 Å². The maximum atomic E-state index is 12.0. The summed E-state index contributed by atoms with van der Waals surface area (Å²) >= 11 is 0. The van der Waals surface area contributed by atoms with Crippen LogP contribution in [0.4, 0.5) is 5.69 Å². The highest BCUT2D eigenvalue weighted by Crippen LogP contribution is 2.34. The first-order valence-electron chi connectivity index (χ1n) is 6.95. The minimum atomic E-state index is -0.544. The second kappa shape index (κ2) is 6.55. The van der Waals surface area contributed by atoms with Crippen molar-refractivity contribution in [3.8, 4) is 0 Å². The number of methoxy groups -OCH3 is 1. The number of nitro groups is 1. The first-order chi connectivity index (χ1) is 10.4. The van der Waals surface area contributed by atoms with Crippen molar-refractivity contribution >= 4 is 17.6 Å². The summed E-state index contributed by atoms with van der Waals surface area (Å²) in [6.07, 6.45) is 0.687. The molecule has 2 rings (SSSR count). The topological polar surface area (TPSA) is 95.7 Å². The number of benzene rings is 1. The van der Waals surface area contributed by atoms with Gasteiger partial charge in [0.1, 0.15) is 6.10 Å². The molecule has 0 aliphatic heterocycles. The van der Waals surface area contributed by atoms with E-state index in [1.54, 1.807) is 0 Å². The molecule has 7 heteroatoms. The Kier molecular flexibility index (Phi) is 4.75. The molecule has 1 aromatic rings. The van der Waals surface area contributed by atoms with Crippen molar-refractivity contribution in [2.75, 3.05) is 7.11 Å². The minimum Gasteiger partial charge on any atom is -0.469 e. The lowest BCUT2D eigenvalue weighted by Crippen LogP contribution is -2.19. The van der Waals surface area contributed by atoms with E-state index in [-0.39, 0.29) is 35.2 Å². The molecular formula is C15H17NO6. The van der Waals surface area contributed by atoms with Crippen molar-refractivity contribution in [1.29, 1.82) is 0 Å². The number of hydrogen-bond donors (Lipinski definition) is 0. The first kappa shape index (κ1) is 15.9. The SMILES string of the molecule is COC(=O)C1CC(OC(=O)c2ccc([N+](=O)[O-])cc2)CC1C. The van der Waals surface area contributed by atoms with Gasteiger partial charge in [0.2, 0.25) is 0 Å². The summed E-state index contributed by atoms with van der Waals surface area (Å²) in [4.78, 5) is 33.7. The largest absolute Gasteiger partial charge is 0.469 e. The standard InChI is InChI=1S/C15H17NO6/c1-9-7-12(8-13(9)15(18)21-2)22-14(17)10-3-5-11(6-4-10)16(19)20/h3-6,9,12-13H,7-8H2,1-2H3. The van der Waals surface area contributed by atoms with Crippen LogP contribution in [0.3, 0.4) is 0 Å². The predicted octanol–water partition coefficient (Wildman–Crippen LogP) is 2.34. The van der Waals surface area contributed by atoms with E-state index < -0.39 is 10.9 Å². The van der Waals surface area contributed by atoms with Gasteiger partial charge in [0.25, 0.3) is 5.69 Å². The van der Waals surface area contributed by atoms with Crippen LogP contribution in [-0.2, 0) is 14.3 Å². The molecule has 0 radical (unpaired) electrons. The summed E-state index contributed by atoms with van der Waals surface area (Å²) in [5, 5.41) is 10.6. The van der Waals surface area contributed by atoms with Crippen molar-refractivity contribution in [2.45, 2.75) is 25.9 Å². The number of carbonyl (C=O) groups is 2. The molecule has 1 aromatic carbocycles. The van der Waals surface area contributed by atoms with Crippen molar-refractivity contribution in [2.24, 2.45) is 11.8 Å². The molecule has 1 aliphatic rings. The van der Waals surface area contributed by atoms with E-state index in [0.717, 1.165) is 0 Å². The maximum Gasteiger partial charge on any atom is 0.338 e. The van der Waals surface area contributed by atoms with Gasteiger partial charge in [-0.3, -0.25) is 14.9 Å². The Labute approximate surface area is 127 Å². The number of carbonyl (C=O) groups excluding carboxylic acids is 2. The quantitative estimate of drug-likeness (QED) is 0.481. The van der Waals surface area contributed by atoms with Crippen molar-refractivity contribution in [3.05, 3.63) is 39.9 Å². The molecule has 0 amide bonds. The smallest absolute Gasteiger partial charge is 0.338 e. The predicted molar refractivity (Wildman–Crippen MR) is 76.2 cm³/mol. The van der Waals surface area contributed by atoms with Crippen LogP contribution >= 0.6 is 0 Å². The van der Waals surface area contributed by atoms with Gasteiger partial charge in [0.15, 0.2) is 0 Å². The zero-order chi connectivity index (χ0) is 16.3. The molecule has 0 spiro atoms. The number of ether oxygens (including phenoxy) is 2. The summed E-state index contributed by atoms with van der Waals surface area (Å²) in [5.74, 6) is -1.01. The molecule has 7 nitrogen and oxygen atoms in total. The lowest BCUT2D eigenvalue weighted by molar-refractivity contribution is -0.384. The second-order valence-electron chi connectivity index (χ2n) is 5.41. The molecule has 0 heterocycles. The molecule has 3 unspecified atom stereocenters. The highest BCUT2D eigenvalue weighted by Gasteiger charge is 2.38. The molecule has 0 saturated heterocycles. The lowest BCUT2D eigenvalue weighted by Gasteiger charge is -2.12. The lowest BCUT2D eigenvalue weighted by atomic mass is 9.99. The van der Waals surface area contributed by atoms with Gasteiger partial charge >= 0.3 is 11.9 Å². The van der Waals surface area contributed by atoms with Crippen LogP contribution in [0.15, 0.2) is 24.3 Å². The average molecular weight is 307 g/mol. The summed E-state index contributed by atoms with van der Waals surface area (Å²) in [5.41, 5.74) is 0.163. The Morgan fingerprint density at radius 2 is 1.86 bits per heavy atom. The number of hydrogen-bond acceptors (Lipinski definition) is 6. The first-order valence-corrected chi connectivity index (χ1v) is 6.95. The third-order valence-electron chi connectivity index (χ3n) is 3.93. The van der Waals surface area contributed by atoms with E-state index in [1.165, 1.54) is 31.4 Å². The van der Waals surface area contributed by atoms with Crippen LogP contribution in [-0.4, -0.2) is 30.1 Å². The number of esters is 2. The summed E-state index contributed by atoms with van der Waals surface area (Å²) in [6.45, 7) is 1.92. The minimum absolute atomic E-state index is 0.0853. The zero-order valence-electron chi connectivity index (χ0n) is 12.4. The fourth-order valence-corrected chi connectivity index (χ4v) is 2.71. The Morgan fingerprint density at radius 1 is 1.23 bits per heavy atom. The normalized spacial score (nSPS) is 23.8. The molecule has 22 heavy (non-hydrogen) atoms. The Balaban J connectivity index is 1.98. The third-order valence-corrected chi connectivity index (χ3v) is 3.93. The Bertz CT molecular complexity index is 582. The van der Waals surface area contributed by atoms with Crippen LogP contribution in [0.5, 0.6) is 0 Å². The van der Waals surface area contributed by atoms with Crippen LogP contribution in [0.25, 0.3) is 0 Å². The number of nitrogens with zero attached hydrogens (tertiary/aromatic N) is 1. The third kappa shape index (κ3) is 3.41. The average Bonchev–Trinajstić information content (AvgIpc) is 2.87. The molecule has 0 aromatic heterocycles. The molecule has 3 atom stereocenters. The summed E-state index contributed by atoms with van der Waals surface area (Å²) in [7, 11) is 1.34. The Hall–Kier alpha value is -2.44. The molecule has 0 N–H and O–H groups in total. The number of rotatable bonds is 4. The van der Waals surface area contributed by atoms with Crippen LogP contribution in [0, 0.1) is 22.0 Å². The van der Waals surface area contributed by atoms with E-state index in [4.69, 9.17) is 9.47 Å². The number of nitro benzene ring substituents is 1. The van der Waals surface area contributed by atoms with Gasteiger partial charge in [0, 0.05) is 12.1 Å². The number of non-ortho nitro benzene ring substituents is 1. The van der Waals surface area contributed by atoms with Crippen LogP contribution in [0.1, 0.15) is 30.1 Å².